The number of hydrogen-bond donors (Lipinski definition) is 1. The molecule has 0 saturated carbocycles. The molecule has 0 saturated heterocycles. The quantitative estimate of drug-likeness (QED) is 0.733. The van der Waals surface area contributed by atoms with Crippen LogP contribution in [0.15, 0.2) is 18.6 Å². The molecule has 0 bridgehead atoms. The lowest BCUT2D eigenvalue weighted by molar-refractivity contribution is 0.431. The molecule has 0 fully saturated rings. The number of aromatic nitrogens is 2. The van der Waals surface area contributed by atoms with Crippen LogP contribution in [0.4, 0.5) is 0 Å². The highest BCUT2D eigenvalue weighted by molar-refractivity contribution is 4.94. The standard InChI is InChI=1S/C13H23N3/c1-3-5-7-12(6-4-2)16-11-13-10-14-8-9-15-13/h8-10,12,16H,3-7,11H2,1-2H3. The molecule has 0 amide bonds. The predicted octanol–water partition coefficient (Wildman–Crippen LogP) is 2.93. The lowest BCUT2D eigenvalue weighted by Crippen LogP contribution is -2.28. The molecule has 1 atom stereocenters. The van der Waals surface area contributed by atoms with Crippen LogP contribution in [0.1, 0.15) is 51.6 Å². The van der Waals surface area contributed by atoms with Crippen molar-refractivity contribution in [3.05, 3.63) is 24.3 Å². The molecule has 0 aliphatic carbocycles. The van der Waals surface area contributed by atoms with Crippen LogP contribution in [-0.2, 0) is 6.54 Å². The van der Waals surface area contributed by atoms with E-state index in [9.17, 15) is 0 Å². The van der Waals surface area contributed by atoms with E-state index in [1.807, 2.05) is 6.20 Å². The third kappa shape index (κ3) is 5.21. The average Bonchev–Trinajstić information content (AvgIpc) is 2.34. The van der Waals surface area contributed by atoms with Gasteiger partial charge in [0.2, 0.25) is 0 Å². The molecule has 1 heterocycles. The Kier molecular flexibility index (Phi) is 6.74. The molecule has 0 radical (unpaired) electrons. The Labute approximate surface area is 98.7 Å². The minimum atomic E-state index is 0.631. The molecule has 16 heavy (non-hydrogen) atoms. The van der Waals surface area contributed by atoms with Crippen LogP contribution in [0, 0.1) is 0 Å². The maximum Gasteiger partial charge on any atom is 0.0724 e. The van der Waals surface area contributed by atoms with Crippen molar-refractivity contribution in [1.29, 1.82) is 0 Å². The lowest BCUT2D eigenvalue weighted by atomic mass is 10.1. The minimum absolute atomic E-state index is 0.631. The summed E-state index contributed by atoms with van der Waals surface area (Å²) in [4.78, 5) is 8.33. The first-order valence-corrected chi connectivity index (χ1v) is 6.35. The summed E-state index contributed by atoms with van der Waals surface area (Å²) in [5, 5.41) is 3.57. The highest BCUT2D eigenvalue weighted by Crippen LogP contribution is 2.07. The summed E-state index contributed by atoms with van der Waals surface area (Å²) in [5.74, 6) is 0. The third-order valence-electron chi connectivity index (χ3n) is 2.73. The first kappa shape index (κ1) is 13.1. The second kappa shape index (κ2) is 8.22. The molecule has 1 unspecified atom stereocenters. The van der Waals surface area contributed by atoms with Crippen molar-refractivity contribution >= 4 is 0 Å². The Morgan fingerprint density at radius 1 is 1.19 bits per heavy atom. The van der Waals surface area contributed by atoms with Gasteiger partial charge in [-0.25, -0.2) is 0 Å². The minimum Gasteiger partial charge on any atom is -0.308 e. The molecule has 1 rings (SSSR count). The summed E-state index contributed by atoms with van der Waals surface area (Å²) in [6, 6.07) is 0.631. The third-order valence-corrected chi connectivity index (χ3v) is 2.73. The summed E-state index contributed by atoms with van der Waals surface area (Å²) in [6.07, 6.45) is 11.6. The van der Waals surface area contributed by atoms with Gasteiger partial charge < -0.3 is 5.32 Å². The molecular formula is C13H23N3. The van der Waals surface area contributed by atoms with Gasteiger partial charge >= 0.3 is 0 Å². The largest absolute Gasteiger partial charge is 0.308 e. The predicted molar refractivity (Wildman–Crippen MR) is 67.1 cm³/mol. The smallest absolute Gasteiger partial charge is 0.0724 e. The molecule has 3 nitrogen and oxygen atoms in total. The van der Waals surface area contributed by atoms with Gasteiger partial charge in [-0.15, -0.1) is 0 Å². The zero-order valence-electron chi connectivity index (χ0n) is 10.4. The zero-order chi connectivity index (χ0) is 11.6. The van der Waals surface area contributed by atoms with E-state index in [0.29, 0.717) is 6.04 Å². The van der Waals surface area contributed by atoms with E-state index in [4.69, 9.17) is 0 Å². The number of hydrogen-bond acceptors (Lipinski definition) is 3. The van der Waals surface area contributed by atoms with Gasteiger partial charge in [0.05, 0.1) is 5.69 Å². The van der Waals surface area contributed by atoms with Gasteiger partial charge in [0, 0.05) is 31.2 Å². The Balaban J connectivity index is 2.31. The van der Waals surface area contributed by atoms with Crippen LogP contribution >= 0.6 is 0 Å². The SMILES string of the molecule is CCCCC(CCC)NCc1cnccn1. The van der Waals surface area contributed by atoms with E-state index in [-0.39, 0.29) is 0 Å². The van der Waals surface area contributed by atoms with E-state index >= 15 is 0 Å². The molecule has 0 aliphatic heterocycles. The molecule has 0 aromatic carbocycles. The first-order valence-electron chi connectivity index (χ1n) is 6.35. The molecule has 0 aliphatic rings. The van der Waals surface area contributed by atoms with Gasteiger partial charge in [0.25, 0.3) is 0 Å². The second-order valence-electron chi connectivity index (χ2n) is 4.21. The molecule has 3 heteroatoms. The first-order chi connectivity index (χ1) is 7.86. The lowest BCUT2D eigenvalue weighted by Gasteiger charge is -2.17. The van der Waals surface area contributed by atoms with Gasteiger partial charge in [0.1, 0.15) is 0 Å². The van der Waals surface area contributed by atoms with Gasteiger partial charge in [-0.05, 0) is 12.8 Å². The van der Waals surface area contributed by atoms with E-state index in [0.717, 1.165) is 12.2 Å². The molecule has 90 valence electrons. The Hall–Kier alpha value is -0.960. The van der Waals surface area contributed by atoms with Crippen molar-refractivity contribution in [2.75, 3.05) is 0 Å². The number of nitrogens with one attached hydrogen (secondary N) is 1. The van der Waals surface area contributed by atoms with Crippen LogP contribution < -0.4 is 5.32 Å². The van der Waals surface area contributed by atoms with Crippen LogP contribution in [0.25, 0.3) is 0 Å². The van der Waals surface area contributed by atoms with E-state index in [1.54, 1.807) is 12.4 Å². The van der Waals surface area contributed by atoms with Crippen molar-refractivity contribution in [3.8, 4) is 0 Å². The number of rotatable bonds is 8. The van der Waals surface area contributed by atoms with Crippen molar-refractivity contribution in [1.82, 2.24) is 15.3 Å². The van der Waals surface area contributed by atoms with E-state index in [2.05, 4.69) is 29.1 Å². The van der Waals surface area contributed by atoms with Crippen LogP contribution in [0.5, 0.6) is 0 Å². The molecule has 0 spiro atoms. The average molecular weight is 221 g/mol. The number of unbranched alkanes of at least 4 members (excludes halogenated alkanes) is 1. The van der Waals surface area contributed by atoms with Gasteiger partial charge in [-0.1, -0.05) is 33.1 Å². The van der Waals surface area contributed by atoms with Crippen molar-refractivity contribution in [2.24, 2.45) is 0 Å². The summed E-state index contributed by atoms with van der Waals surface area (Å²) in [6.45, 7) is 5.32. The van der Waals surface area contributed by atoms with Crippen LogP contribution in [-0.4, -0.2) is 16.0 Å². The van der Waals surface area contributed by atoms with Gasteiger partial charge in [-0.2, -0.15) is 0 Å². The van der Waals surface area contributed by atoms with E-state index < -0.39 is 0 Å². The maximum absolute atomic E-state index is 4.27. The maximum atomic E-state index is 4.27. The van der Waals surface area contributed by atoms with Crippen LogP contribution in [0.2, 0.25) is 0 Å². The zero-order valence-corrected chi connectivity index (χ0v) is 10.4. The van der Waals surface area contributed by atoms with Crippen molar-refractivity contribution in [2.45, 2.75) is 58.5 Å². The van der Waals surface area contributed by atoms with Crippen LogP contribution in [0.3, 0.4) is 0 Å². The molecule has 1 N–H and O–H groups in total. The monoisotopic (exact) mass is 221 g/mol. The molecule has 1 aromatic heterocycles. The summed E-state index contributed by atoms with van der Waals surface area (Å²) in [7, 11) is 0. The second-order valence-corrected chi connectivity index (χ2v) is 4.21. The fraction of sp³-hybridized carbons (Fsp3) is 0.692. The highest BCUT2D eigenvalue weighted by Gasteiger charge is 2.06. The van der Waals surface area contributed by atoms with Crippen molar-refractivity contribution < 1.29 is 0 Å². The van der Waals surface area contributed by atoms with Crippen molar-refractivity contribution in [3.63, 3.8) is 0 Å². The fourth-order valence-corrected chi connectivity index (χ4v) is 1.82. The topological polar surface area (TPSA) is 37.8 Å². The van der Waals surface area contributed by atoms with Gasteiger partial charge in [-0.3, -0.25) is 9.97 Å². The summed E-state index contributed by atoms with van der Waals surface area (Å²) < 4.78 is 0. The number of nitrogens with zero attached hydrogens (tertiary/aromatic N) is 2. The normalized spacial score (nSPS) is 12.6. The molecular weight excluding hydrogens is 198 g/mol. The van der Waals surface area contributed by atoms with E-state index in [1.165, 1.54) is 32.1 Å². The van der Waals surface area contributed by atoms with Gasteiger partial charge in [0.15, 0.2) is 0 Å². The Morgan fingerprint density at radius 2 is 2.06 bits per heavy atom. The fourth-order valence-electron chi connectivity index (χ4n) is 1.82. The Bertz CT molecular complexity index is 261. The summed E-state index contributed by atoms with van der Waals surface area (Å²) in [5.41, 5.74) is 1.03. The molecule has 1 aromatic rings. The highest BCUT2D eigenvalue weighted by atomic mass is 14.9. The summed E-state index contributed by atoms with van der Waals surface area (Å²) >= 11 is 0. The Morgan fingerprint density at radius 3 is 2.69 bits per heavy atom.